The van der Waals surface area contributed by atoms with Gasteiger partial charge in [-0.1, -0.05) is 0 Å². The fourth-order valence-electron chi connectivity index (χ4n) is 3.31. The number of hydrogen-bond acceptors (Lipinski definition) is 6. The van der Waals surface area contributed by atoms with Crippen LogP contribution in [0.4, 0.5) is 5.13 Å². The zero-order valence-corrected chi connectivity index (χ0v) is 14.7. The van der Waals surface area contributed by atoms with E-state index in [9.17, 15) is 4.79 Å². The van der Waals surface area contributed by atoms with Crippen LogP contribution in [0.1, 0.15) is 26.7 Å². The molecule has 2 aliphatic heterocycles. The molecule has 0 spiro atoms. The van der Waals surface area contributed by atoms with Crippen molar-refractivity contribution in [2.75, 3.05) is 37.7 Å². The molecule has 2 saturated heterocycles. The molecular formula is C16H26N4O2S. The van der Waals surface area contributed by atoms with Gasteiger partial charge in [-0.25, -0.2) is 4.98 Å². The number of anilines is 1. The molecule has 0 saturated carbocycles. The van der Waals surface area contributed by atoms with Crippen molar-refractivity contribution in [1.82, 2.24) is 15.2 Å². The van der Waals surface area contributed by atoms with Gasteiger partial charge < -0.3 is 15.0 Å². The Morgan fingerprint density at radius 3 is 3.09 bits per heavy atom. The van der Waals surface area contributed by atoms with Gasteiger partial charge in [0.2, 0.25) is 5.91 Å². The minimum absolute atomic E-state index is 0.0997. The van der Waals surface area contributed by atoms with Crippen LogP contribution in [-0.4, -0.2) is 66.8 Å². The minimum Gasteiger partial charge on any atom is -0.376 e. The van der Waals surface area contributed by atoms with Crippen LogP contribution in [0.2, 0.25) is 0 Å². The van der Waals surface area contributed by atoms with Crippen LogP contribution in [0.3, 0.4) is 0 Å². The van der Waals surface area contributed by atoms with Gasteiger partial charge in [-0.2, -0.15) is 0 Å². The topological polar surface area (TPSA) is 57.7 Å². The Kier molecular flexibility index (Phi) is 5.50. The van der Waals surface area contributed by atoms with E-state index in [0.717, 1.165) is 44.2 Å². The highest BCUT2D eigenvalue weighted by molar-refractivity contribution is 7.13. The number of carbonyl (C=O) groups is 1. The van der Waals surface area contributed by atoms with E-state index in [1.54, 1.807) is 11.3 Å². The molecule has 0 aromatic carbocycles. The smallest absolute Gasteiger partial charge is 0.237 e. The third-order valence-electron chi connectivity index (χ3n) is 4.78. The van der Waals surface area contributed by atoms with Crippen molar-refractivity contribution < 1.29 is 9.53 Å². The zero-order chi connectivity index (χ0) is 16.2. The Labute approximate surface area is 141 Å². The van der Waals surface area contributed by atoms with E-state index in [1.807, 2.05) is 18.5 Å². The van der Waals surface area contributed by atoms with E-state index in [4.69, 9.17) is 4.74 Å². The average Bonchev–Trinajstić information content (AvgIpc) is 3.25. The number of piperazine rings is 1. The van der Waals surface area contributed by atoms with E-state index >= 15 is 0 Å². The maximum Gasteiger partial charge on any atom is 0.237 e. The molecule has 0 aliphatic carbocycles. The lowest BCUT2D eigenvalue weighted by Gasteiger charge is -2.41. The van der Waals surface area contributed by atoms with Crippen LogP contribution in [-0.2, 0) is 9.53 Å². The normalized spacial score (nSPS) is 27.1. The molecule has 1 N–H and O–H groups in total. The Hall–Kier alpha value is -1.18. The van der Waals surface area contributed by atoms with Gasteiger partial charge in [0.15, 0.2) is 5.13 Å². The molecule has 2 fully saturated rings. The molecule has 3 heterocycles. The van der Waals surface area contributed by atoms with Gasteiger partial charge in [0.25, 0.3) is 0 Å². The summed E-state index contributed by atoms with van der Waals surface area (Å²) in [7, 11) is 0. The van der Waals surface area contributed by atoms with E-state index in [2.05, 4.69) is 27.0 Å². The summed E-state index contributed by atoms with van der Waals surface area (Å²) in [4.78, 5) is 21.4. The minimum atomic E-state index is -0.0997. The fourth-order valence-corrected chi connectivity index (χ4v) is 4.08. The quantitative estimate of drug-likeness (QED) is 0.878. The summed E-state index contributed by atoms with van der Waals surface area (Å²) < 4.78 is 5.56. The monoisotopic (exact) mass is 338 g/mol. The van der Waals surface area contributed by atoms with Crippen molar-refractivity contribution in [3.63, 3.8) is 0 Å². The molecule has 3 atom stereocenters. The summed E-state index contributed by atoms with van der Waals surface area (Å²) in [5, 5.41) is 6.13. The van der Waals surface area contributed by atoms with E-state index in [1.165, 1.54) is 0 Å². The number of rotatable bonds is 5. The summed E-state index contributed by atoms with van der Waals surface area (Å²) in [5.74, 6) is 0.107. The van der Waals surface area contributed by atoms with Gasteiger partial charge in [-0.15, -0.1) is 11.3 Å². The Morgan fingerprint density at radius 2 is 2.43 bits per heavy atom. The SMILES string of the molecule is C[C@H](C(=O)NC[C@@H]1CCCO1)N1CCN(c2nccs2)[C@@H](C)C1. The Morgan fingerprint density at radius 1 is 1.57 bits per heavy atom. The van der Waals surface area contributed by atoms with Crippen molar-refractivity contribution in [1.29, 1.82) is 0 Å². The molecule has 6 nitrogen and oxygen atoms in total. The van der Waals surface area contributed by atoms with Gasteiger partial charge in [0.05, 0.1) is 12.1 Å². The second kappa shape index (κ2) is 7.59. The van der Waals surface area contributed by atoms with Crippen molar-refractivity contribution in [3.8, 4) is 0 Å². The lowest BCUT2D eigenvalue weighted by atomic mass is 10.1. The lowest BCUT2D eigenvalue weighted by molar-refractivity contribution is -0.126. The highest BCUT2D eigenvalue weighted by atomic mass is 32.1. The molecule has 23 heavy (non-hydrogen) atoms. The Balaban J connectivity index is 1.48. The predicted molar refractivity (Wildman–Crippen MR) is 91.9 cm³/mol. The third kappa shape index (κ3) is 4.02. The van der Waals surface area contributed by atoms with Gasteiger partial charge in [0.1, 0.15) is 0 Å². The lowest BCUT2D eigenvalue weighted by Crippen LogP contribution is -2.57. The molecular weight excluding hydrogens is 312 g/mol. The van der Waals surface area contributed by atoms with Crippen LogP contribution in [0.25, 0.3) is 0 Å². The standard InChI is InChI=1S/C16H26N4O2S/c1-12-11-19(6-7-20(12)16-17-5-9-23-16)13(2)15(21)18-10-14-4-3-8-22-14/h5,9,12-14H,3-4,6-8,10-11H2,1-2H3,(H,18,21)/t12-,13+,14-/m0/s1. The summed E-state index contributed by atoms with van der Waals surface area (Å²) in [5.41, 5.74) is 0. The van der Waals surface area contributed by atoms with Crippen molar-refractivity contribution in [2.45, 2.75) is 44.9 Å². The van der Waals surface area contributed by atoms with Crippen LogP contribution < -0.4 is 10.2 Å². The number of aromatic nitrogens is 1. The first kappa shape index (κ1) is 16.7. The number of carbonyl (C=O) groups excluding carboxylic acids is 1. The predicted octanol–water partition coefficient (Wildman–Crippen LogP) is 1.34. The van der Waals surface area contributed by atoms with E-state index in [-0.39, 0.29) is 18.1 Å². The van der Waals surface area contributed by atoms with Crippen molar-refractivity contribution >= 4 is 22.4 Å². The van der Waals surface area contributed by atoms with Crippen LogP contribution in [0.5, 0.6) is 0 Å². The second-order valence-electron chi connectivity index (χ2n) is 6.41. The maximum absolute atomic E-state index is 12.4. The first-order valence-corrected chi connectivity index (χ1v) is 9.32. The summed E-state index contributed by atoms with van der Waals surface area (Å²) in [6, 6.07) is 0.264. The van der Waals surface area contributed by atoms with Gasteiger partial charge in [-0.05, 0) is 26.7 Å². The van der Waals surface area contributed by atoms with Gasteiger partial charge >= 0.3 is 0 Å². The molecule has 0 radical (unpaired) electrons. The summed E-state index contributed by atoms with van der Waals surface area (Å²) >= 11 is 1.67. The highest BCUT2D eigenvalue weighted by Gasteiger charge is 2.30. The van der Waals surface area contributed by atoms with Crippen LogP contribution in [0.15, 0.2) is 11.6 Å². The van der Waals surface area contributed by atoms with E-state index < -0.39 is 0 Å². The molecule has 1 aromatic rings. The number of ether oxygens (including phenoxy) is 1. The van der Waals surface area contributed by atoms with Gasteiger partial charge in [0, 0.05) is 50.4 Å². The molecule has 1 amide bonds. The molecule has 2 aliphatic rings. The molecule has 3 rings (SSSR count). The van der Waals surface area contributed by atoms with Crippen LogP contribution in [0, 0.1) is 0 Å². The number of hydrogen-bond donors (Lipinski definition) is 1. The first-order valence-electron chi connectivity index (χ1n) is 8.44. The largest absolute Gasteiger partial charge is 0.376 e. The first-order chi connectivity index (χ1) is 11.1. The van der Waals surface area contributed by atoms with Crippen LogP contribution >= 0.6 is 11.3 Å². The van der Waals surface area contributed by atoms with Crippen molar-refractivity contribution in [3.05, 3.63) is 11.6 Å². The molecule has 128 valence electrons. The molecule has 0 unspecified atom stereocenters. The number of amides is 1. The average molecular weight is 338 g/mol. The van der Waals surface area contributed by atoms with Crippen molar-refractivity contribution in [2.24, 2.45) is 0 Å². The molecule has 0 bridgehead atoms. The number of thiazole rings is 1. The Bertz CT molecular complexity index is 504. The summed E-state index contributed by atoms with van der Waals surface area (Å²) in [6.45, 7) is 8.34. The molecule has 7 heteroatoms. The fraction of sp³-hybridized carbons (Fsp3) is 0.750. The van der Waals surface area contributed by atoms with E-state index in [0.29, 0.717) is 12.6 Å². The maximum atomic E-state index is 12.4. The summed E-state index contributed by atoms with van der Waals surface area (Å²) in [6.07, 6.45) is 4.21. The number of nitrogens with zero attached hydrogens (tertiary/aromatic N) is 3. The number of nitrogens with one attached hydrogen (secondary N) is 1. The highest BCUT2D eigenvalue weighted by Crippen LogP contribution is 2.23. The second-order valence-corrected chi connectivity index (χ2v) is 7.28. The zero-order valence-electron chi connectivity index (χ0n) is 13.9. The third-order valence-corrected chi connectivity index (χ3v) is 5.59. The van der Waals surface area contributed by atoms with Gasteiger partial charge in [-0.3, -0.25) is 9.69 Å². The molecule has 1 aromatic heterocycles.